The summed E-state index contributed by atoms with van der Waals surface area (Å²) in [6.07, 6.45) is 1.22. The largest absolute Gasteiger partial charge is 0.373 e. The van der Waals surface area contributed by atoms with Gasteiger partial charge in [-0.15, -0.1) is 11.3 Å². The van der Waals surface area contributed by atoms with Crippen molar-refractivity contribution in [3.8, 4) is 0 Å². The van der Waals surface area contributed by atoms with Crippen molar-refractivity contribution < 1.29 is 0 Å². The molecular weight excluding hydrogens is 210 g/mol. The van der Waals surface area contributed by atoms with Gasteiger partial charge < -0.3 is 4.90 Å². The molecule has 2 rings (SSSR count). The predicted molar refractivity (Wildman–Crippen MR) is 49.0 cm³/mol. The van der Waals surface area contributed by atoms with Crippen molar-refractivity contribution in [1.29, 1.82) is 0 Å². The predicted octanol–water partition coefficient (Wildman–Crippen LogP) is 2.50. The van der Waals surface area contributed by atoms with E-state index in [9.17, 15) is 0 Å². The van der Waals surface area contributed by atoms with Crippen molar-refractivity contribution in [3.05, 3.63) is 14.7 Å². The highest BCUT2D eigenvalue weighted by atomic mass is 79.9. The second-order valence-electron chi connectivity index (χ2n) is 2.53. The van der Waals surface area contributed by atoms with E-state index in [1.54, 1.807) is 0 Å². The molecule has 1 nitrogen and oxygen atoms in total. The van der Waals surface area contributed by atoms with Gasteiger partial charge in [-0.05, 0) is 22.0 Å². The van der Waals surface area contributed by atoms with Gasteiger partial charge in [-0.2, -0.15) is 0 Å². The fourth-order valence-corrected chi connectivity index (χ4v) is 3.00. The number of thiophene rings is 1. The lowest BCUT2D eigenvalue weighted by molar-refractivity contribution is 0.958. The highest BCUT2D eigenvalue weighted by Crippen LogP contribution is 2.37. The summed E-state index contributed by atoms with van der Waals surface area (Å²) in [5.41, 5.74) is 1.41. The third-order valence-corrected chi connectivity index (χ3v) is 3.53. The Morgan fingerprint density at radius 3 is 3.20 bits per heavy atom. The Hall–Kier alpha value is -0.0200. The zero-order valence-corrected chi connectivity index (χ0v) is 8.13. The summed E-state index contributed by atoms with van der Waals surface area (Å²) in [7, 11) is 2.14. The van der Waals surface area contributed by atoms with E-state index in [0.29, 0.717) is 0 Å². The van der Waals surface area contributed by atoms with Gasteiger partial charge in [0.1, 0.15) is 0 Å². The molecule has 2 heterocycles. The summed E-state index contributed by atoms with van der Waals surface area (Å²) in [5, 5.41) is 0. The van der Waals surface area contributed by atoms with Gasteiger partial charge in [0.15, 0.2) is 0 Å². The van der Waals surface area contributed by atoms with Crippen LogP contribution >= 0.6 is 27.3 Å². The van der Waals surface area contributed by atoms with E-state index in [0.717, 1.165) is 0 Å². The van der Waals surface area contributed by atoms with Crippen LogP contribution in [-0.4, -0.2) is 13.6 Å². The van der Waals surface area contributed by atoms with E-state index in [1.807, 2.05) is 11.3 Å². The van der Waals surface area contributed by atoms with Crippen LogP contribution in [0, 0.1) is 0 Å². The number of anilines is 1. The van der Waals surface area contributed by atoms with Gasteiger partial charge in [0.2, 0.25) is 0 Å². The van der Waals surface area contributed by atoms with Crippen LogP contribution < -0.4 is 4.90 Å². The molecule has 0 amide bonds. The van der Waals surface area contributed by atoms with Gasteiger partial charge in [-0.1, -0.05) is 0 Å². The molecule has 0 fully saturated rings. The number of rotatable bonds is 0. The number of fused-ring (bicyclic) bond motifs is 1. The maximum Gasteiger partial charge on any atom is 0.0722 e. The maximum absolute atomic E-state index is 3.48. The average Bonchev–Trinajstić information content (AvgIpc) is 2.35. The standard InChI is InChI=1S/C7H8BrNS/c1-9-3-2-6-5(9)4-7(8)10-6/h4H,2-3H2,1H3. The fraction of sp³-hybridized carbons (Fsp3) is 0.429. The highest BCUT2D eigenvalue weighted by molar-refractivity contribution is 9.11. The van der Waals surface area contributed by atoms with E-state index in [4.69, 9.17) is 0 Å². The first-order chi connectivity index (χ1) is 4.77. The van der Waals surface area contributed by atoms with Crippen molar-refractivity contribution in [2.24, 2.45) is 0 Å². The van der Waals surface area contributed by atoms with E-state index >= 15 is 0 Å². The quantitative estimate of drug-likeness (QED) is 0.646. The van der Waals surface area contributed by atoms with Crippen LogP contribution in [0.15, 0.2) is 9.85 Å². The minimum absolute atomic E-state index is 1.19. The minimum atomic E-state index is 1.19. The van der Waals surface area contributed by atoms with Crippen LogP contribution in [0.2, 0.25) is 0 Å². The Balaban J connectivity index is 2.49. The van der Waals surface area contributed by atoms with Crippen LogP contribution in [0.5, 0.6) is 0 Å². The molecule has 1 aliphatic heterocycles. The van der Waals surface area contributed by atoms with Gasteiger partial charge in [0, 0.05) is 24.9 Å². The van der Waals surface area contributed by atoms with Crippen molar-refractivity contribution in [2.45, 2.75) is 6.42 Å². The maximum atomic E-state index is 3.48. The first kappa shape index (κ1) is 6.68. The van der Waals surface area contributed by atoms with Crippen LogP contribution in [0.4, 0.5) is 5.69 Å². The summed E-state index contributed by atoms with van der Waals surface area (Å²) in [4.78, 5) is 3.82. The topological polar surface area (TPSA) is 3.24 Å². The monoisotopic (exact) mass is 217 g/mol. The van der Waals surface area contributed by atoms with Gasteiger partial charge in [0.05, 0.1) is 9.47 Å². The zero-order valence-electron chi connectivity index (χ0n) is 5.72. The minimum Gasteiger partial charge on any atom is -0.373 e. The van der Waals surface area contributed by atoms with Crippen molar-refractivity contribution in [1.82, 2.24) is 0 Å². The van der Waals surface area contributed by atoms with Crippen LogP contribution in [-0.2, 0) is 6.42 Å². The van der Waals surface area contributed by atoms with Crippen LogP contribution in [0.3, 0.4) is 0 Å². The Morgan fingerprint density at radius 1 is 1.70 bits per heavy atom. The zero-order chi connectivity index (χ0) is 7.14. The van der Waals surface area contributed by atoms with Crippen molar-refractivity contribution in [2.75, 3.05) is 18.5 Å². The number of nitrogens with zero attached hydrogens (tertiary/aromatic N) is 1. The molecule has 1 aromatic heterocycles. The molecule has 3 heteroatoms. The molecule has 1 aliphatic rings. The second kappa shape index (κ2) is 2.24. The molecule has 0 atom stereocenters. The van der Waals surface area contributed by atoms with Gasteiger partial charge in [-0.3, -0.25) is 0 Å². The van der Waals surface area contributed by atoms with E-state index in [2.05, 4.69) is 33.9 Å². The molecule has 0 unspecified atom stereocenters. The number of likely N-dealkylation sites (N-methyl/N-ethyl adjacent to an activating group) is 1. The first-order valence-electron chi connectivity index (χ1n) is 3.27. The molecule has 1 aromatic rings. The molecule has 0 saturated carbocycles. The van der Waals surface area contributed by atoms with Gasteiger partial charge in [0.25, 0.3) is 0 Å². The molecule has 10 heavy (non-hydrogen) atoms. The lowest BCUT2D eigenvalue weighted by atomic mass is 10.4. The molecule has 0 saturated heterocycles. The Bertz CT molecular complexity index is 256. The summed E-state index contributed by atoms with van der Waals surface area (Å²) >= 11 is 5.33. The summed E-state index contributed by atoms with van der Waals surface area (Å²) < 4.78 is 1.25. The fourth-order valence-electron chi connectivity index (χ4n) is 1.28. The Morgan fingerprint density at radius 2 is 2.50 bits per heavy atom. The van der Waals surface area contributed by atoms with E-state index < -0.39 is 0 Å². The second-order valence-corrected chi connectivity index (χ2v) is 5.05. The molecule has 0 bridgehead atoms. The Kier molecular flexibility index (Phi) is 1.49. The highest BCUT2D eigenvalue weighted by Gasteiger charge is 2.17. The van der Waals surface area contributed by atoms with E-state index in [-0.39, 0.29) is 0 Å². The van der Waals surface area contributed by atoms with Crippen LogP contribution in [0.25, 0.3) is 0 Å². The number of hydrogen-bond acceptors (Lipinski definition) is 2. The summed E-state index contributed by atoms with van der Waals surface area (Å²) in [6, 6.07) is 2.20. The van der Waals surface area contributed by atoms with E-state index in [1.165, 1.54) is 27.3 Å². The third-order valence-electron chi connectivity index (χ3n) is 1.84. The normalized spacial score (nSPS) is 16.0. The Labute approximate surface area is 72.8 Å². The first-order valence-corrected chi connectivity index (χ1v) is 4.87. The molecule has 0 spiro atoms. The third kappa shape index (κ3) is 0.883. The number of halogens is 1. The van der Waals surface area contributed by atoms with Crippen molar-refractivity contribution in [3.63, 3.8) is 0 Å². The molecule has 0 radical (unpaired) electrons. The van der Waals surface area contributed by atoms with Gasteiger partial charge in [-0.25, -0.2) is 0 Å². The summed E-state index contributed by atoms with van der Waals surface area (Å²) in [5.74, 6) is 0. The van der Waals surface area contributed by atoms with Crippen molar-refractivity contribution >= 4 is 33.0 Å². The summed E-state index contributed by atoms with van der Waals surface area (Å²) in [6.45, 7) is 1.19. The molecular formula is C7H8BrNS. The smallest absolute Gasteiger partial charge is 0.0722 e. The SMILES string of the molecule is CN1CCc2sc(Br)cc21. The lowest BCUT2D eigenvalue weighted by Crippen LogP contribution is -2.12. The molecule has 0 aromatic carbocycles. The molecule has 54 valence electrons. The lowest BCUT2D eigenvalue weighted by Gasteiger charge is -2.08. The molecule has 0 aliphatic carbocycles. The van der Waals surface area contributed by atoms with Crippen LogP contribution in [0.1, 0.15) is 4.88 Å². The number of hydrogen-bond donors (Lipinski definition) is 0. The van der Waals surface area contributed by atoms with Gasteiger partial charge >= 0.3 is 0 Å². The molecule has 0 N–H and O–H groups in total. The average molecular weight is 218 g/mol.